The summed E-state index contributed by atoms with van der Waals surface area (Å²) in [7, 11) is 1.65. The Bertz CT molecular complexity index is 208. The SMILES string of the molecule is CCCOc1cscc1OC. The largest absolute Gasteiger partial charge is 0.492 e. The standard InChI is InChI=1S/C8H12O2S/c1-3-4-10-8-6-11-5-7(8)9-2/h5-6H,3-4H2,1-2H3. The maximum atomic E-state index is 5.40. The van der Waals surface area contributed by atoms with E-state index >= 15 is 0 Å². The fraction of sp³-hybridized carbons (Fsp3) is 0.500. The fourth-order valence-electron chi connectivity index (χ4n) is 0.740. The summed E-state index contributed by atoms with van der Waals surface area (Å²) >= 11 is 1.59. The summed E-state index contributed by atoms with van der Waals surface area (Å²) in [6.45, 7) is 2.84. The Morgan fingerprint density at radius 3 is 2.73 bits per heavy atom. The summed E-state index contributed by atoms with van der Waals surface area (Å²) in [4.78, 5) is 0. The first-order chi connectivity index (χ1) is 5.38. The second-order valence-electron chi connectivity index (χ2n) is 2.15. The first kappa shape index (κ1) is 8.40. The summed E-state index contributed by atoms with van der Waals surface area (Å²) in [6.07, 6.45) is 1.03. The second kappa shape index (κ2) is 4.23. The molecule has 0 saturated carbocycles. The van der Waals surface area contributed by atoms with Crippen molar-refractivity contribution in [3.8, 4) is 11.5 Å². The second-order valence-corrected chi connectivity index (χ2v) is 2.90. The fourth-order valence-corrected chi connectivity index (χ4v) is 1.45. The highest BCUT2D eigenvalue weighted by molar-refractivity contribution is 7.08. The molecule has 0 aromatic carbocycles. The van der Waals surface area contributed by atoms with Crippen molar-refractivity contribution >= 4 is 11.3 Å². The minimum atomic E-state index is 0.757. The van der Waals surface area contributed by atoms with Gasteiger partial charge >= 0.3 is 0 Å². The van der Waals surface area contributed by atoms with Gasteiger partial charge in [0.15, 0.2) is 11.5 Å². The van der Waals surface area contributed by atoms with Gasteiger partial charge in [-0.3, -0.25) is 0 Å². The Kier molecular flexibility index (Phi) is 3.23. The third-order valence-corrected chi connectivity index (χ3v) is 1.97. The molecule has 0 aliphatic heterocycles. The van der Waals surface area contributed by atoms with Crippen LogP contribution >= 0.6 is 11.3 Å². The first-order valence-electron chi connectivity index (χ1n) is 3.61. The van der Waals surface area contributed by atoms with Crippen molar-refractivity contribution in [3.05, 3.63) is 10.8 Å². The number of rotatable bonds is 4. The maximum Gasteiger partial charge on any atom is 0.171 e. The van der Waals surface area contributed by atoms with Gasteiger partial charge in [0.05, 0.1) is 13.7 Å². The number of hydrogen-bond acceptors (Lipinski definition) is 3. The van der Waals surface area contributed by atoms with Crippen LogP contribution in [0.5, 0.6) is 11.5 Å². The Morgan fingerprint density at radius 2 is 2.09 bits per heavy atom. The summed E-state index contributed by atoms with van der Waals surface area (Å²) in [6, 6.07) is 0. The van der Waals surface area contributed by atoms with Gasteiger partial charge in [-0.15, -0.1) is 11.3 Å². The molecule has 0 saturated heterocycles. The zero-order valence-corrected chi connectivity index (χ0v) is 7.61. The van der Waals surface area contributed by atoms with E-state index in [0.717, 1.165) is 24.5 Å². The van der Waals surface area contributed by atoms with Gasteiger partial charge in [0.1, 0.15) is 0 Å². The van der Waals surface area contributed by atoms with E-state index in [4.69, 9.17) is 9.47 Å². The van der Waals surface area contributed by atoms with E-state index in [1.54, 1.807) is 18.4 Å². The molecule has 1 aromatic rings. The van der Waals surface area contributed by atoms with Crippen LogP contribution in [-0.2, 0) is 0 Å². The number of methoxy groups -OCH3 is 1. The summed E-state index contributed by atoms with van der Waals surface area (Å²) in [5, 5.41) is 3.89. The summed E-state index contributed by atoms with van der Waals surface area (Å²) in [5.41, 5.74) is 0. The average molecular weight is 172 g/mol. The third-order valence-electron chi connectivity index (χ3n) is 1.27. The van der Waals surface area contributed by atoms with Gasteiger partial charge in [-0.1, -0.05) is 6.92 Å². The molecular weight excluding hydrogens is 160 g/mol. The Labute approximate surface area is 70.8 Å². The highest BCUT2D eigenvalue weighted by atomic mass is 32.1. The molecule has 62 valence electrons. The summed E-state index contributed by atoms with van der Waals surface area (Å²) in [5.74, 6) is 1.70. The predicted molar refractivity (Wildman–Crippen MR) is 46.7 cm³/mol. The lowest BCUT2D eigenvalue weighted by Gasteiger charge is -2.03. The lowest BCUT2D eigenvalue weighted by Crippen LogP contribution is -1.94. The average Bonchev–Trinajstić information content (AvgIpc) is 2.47. The molecule has 2 nitrogen and oxygen atoms in total. The molecule has 0 bridgehead atoms. The van der Waals surface area contributed by atoms with E-state index in [2.05, 4.69) is 6.92 Å². The maximum absolute atomic E-state index is 5.40. The van der Waals surface area contributed by atoms with Gasteiger partial charge in [0, 0.05) is 10.8 Å². The van der Waals surface area contributed by atoms with Crippen LogP contribution < -0.4 is 9.47 Å². The number of thiophene rings is 1. The molecule has 0 spiro atoms. The molecule has 0 amide bonds. The van der Waals surface area contributed by atoms with Gasteiger partial charge < -0.3 is 9.47 Å². The van der Waals surface area contributed by atoms with Crippen molar-refractivity contribution in [2.45, 2.75) is 13.3 Å². The van der Waals surface area contributed by atoms with Gasteiger partial charge in [-0.2, -0.15) is 0 Å². The quantitative estimate of drug-likeness (QED) is 0.695. The topological polar surface area (TPSA) is 18.5 Å². The van der Waals surface area contributed by atoms with Crippen molar-refractivity contribution in [1.82, 2.24) is 0 Å². The third kappa shape index (κ3) is 2.12. The smallest absolute Gasteiger partial charge is 0.171 e. The molecule has 0 aliphatic rings. The molecule has 0 fully saturated rings. The van der Waals surface area contributed by atoms with Crippen molar-refractivity contribution in [2.75, 3.05) is 13.7 Å². The number of hydrogen-bond donors (Lipinski definition) is 0. The number of ether oxygens (including phenoxy) is 2. The lowest BCUT2D eigenvalue weighted by atomic mass is 10.5. The molecule has 1 rings (SSSR count). The zero-order chi connectivity index (χ0) is 8.10. The summed E-state index contributed by atoms with van der Waals surface area (Å²) < 4.78 is 10.5. The van der Waals surface area contributed by atoms with Crippen LogP contribution in [0, 0.1) is 0 Å². The molecule has 0 aliphatic carbocycles. The van der Waals surface area contributed by atoms with Crippen LogP contribution in [0.1, 0.15) is 13.3 Å². The Morgan fingerprint density at radius 1 is 1.36 bits per heavy atom. The van der Waals surface area contributed by atoms with Crippen LogP contribution in [0.4, 0.5) is 0 Å². The molecule has 0 radical (unpaired) electrons. The molecule has 0 unspecified atom stereocenters. The zero-order valence-electron chi connectivity index (χ0n) is 6.79. The van der Waals surface area contributed by atoms with Crippen LogP contribution in [0.2, 0.25) is 0 Å². The highest BCUT2D eigenvalue weighted by Gasteiger charge is 2.02. The molecule has 11 heavy (non-hydrogen) atoms. The lowest BCUT2D eigenvalue weighted by molar-refractivity contribution is 0.296. The molecule has 1 aromatic heterocycles. The van der Waals surface area contributed by atoms with Crippen molar-refractivity contribution in [2.24, 2.45) is 0 Å². The van der Waals surface area contributed by atoms with Crippen molar-refractivity contribution < 1.29 is 9.47 Å². The van der Waals surface area contributed by atoms with Crippen molar-refractivity contribution in [3.63, 3.8) is 0 Å². The van der Waals surface area contributed by atoms with Crippen LogP contribution in [-0.4, -0.2) is 13.7 Å². The molecule has 0 N–H and O–H groups in total. The van der Waals surface area contributed by atoms with Gasteiger partial charge in [-0.05, 0) is 6.42 Å². The molecule has 1 heterocycles. The van der Waals surface area contributed by atoms with Gasteiger partial charge in [0.2, 0.25) is 0 Å². The van der Waals surface area contributed by atoms with E-state index in [0.29, 0.717) is 0 Å². The first-order valence-corrected chi connectivity index (χ1v) is 4.55. The van der Waals surface area contributed by atoms with Gasteiger partial charge in [-0.25, -0.2) is 0 Å². The van der Waals surface area contributed by atoms with Gasteiger partial charge in [0.25, 0.3) is 0 Å². The normalized spacial score (nSPS) is 9.64. The van der Waals surface area contributed by atoms with Crippen LogP contribution in [0.25, 0.3) is 0 Å². The van der Waals surface area contributed by atoms with Crippen LogP contribution in [0.3, 0.4) is 0 Å². The Hall–Kier alpha value is -0.700. The Balaban J connectivity index is 2.54. The molecule has 0 atom stereocenters. The van der Waals surface area contributed by atoms with E-state index in [9.17, 15) is 0 Å². The van der Waals surface area contributed by atoms with Crippen LogP contribution in [0.15, 0.2) is 10.8 Å². The van der Waals surface area contributed by atoms with E-state index < -0.39 is 0 Å². The molecular formula is C8H12O2S. The highest BCUT2D eigenvalue weighted by Crippen LogP contribution is 2.30. The van der Waals surface area contributed by atoms with Crippen molar-refractivity contribution in [1.29, 1.82) is 0 Å². The monoisotopic (exact) mass is 172 g/mol. The molecule has 3 heteroatoms. The predicted octanol–water partition coefficient (Wildman–Crippen LogP) is 2.55. The minimum absolute atomic E-state index is 0.757. The van der Waals surface area contributed by atoms with E-state index in [1.807, 2.05) is 10.8 Å². The van der Waals surface area contributed by atoms with E-state index in [-0.39, 0.29) is 0 Å². The van der Waals surface area contributed by atoms with E-state index in [1.165, 1.54) is 0 Å². The minimum Gasteiger partial charge on any atom is -0.492 e.